The van der Waals surface area contributed by atoms with E-state index >= 15 is 0 Å². The van der Waals surface area contributed by atoms with Crippen molar-refractivity contribution in [3.8, 4) is 17.0 Å². The summed E-state index contributed by atoms with van der Waals surface area (Å²) >= 11 is 6.05. The van der Waals surface area contributed by atoms with Crippen LogP contribution >= 0.6 is 11.6 Å². The van der Waals surface area contributed by atoms with Crippen LogP contribution < -0.4 is 0 Å². The summed E-state index contributed by atoms with van der Waals surface area (Å²) in [5.41, 5.74) is 4.18. The van der Waals surface area contributed by atoms with Crippen LogP contribution in [0.3, 0.4) is 0 Å². The van der Waals surface area contributed by atoms with Crippen molar-refractivity contribution in [1.29, 1.82) is 0 Å². The highest BCUT2D eigenvalue weighted by Gasteiger charge is 2.23. The Morgan fingerprint density at radius 2 is 2.08 bits per heavy atom. The van der Waals surface area contributed by atoms with Crippen LogP contribution in [-0.2, 0) is 9.47 Å². The maximum atomic E-state index is 9.66. The van der Waals surface area contributed by atoms with Gasteiger partial charge in [0.2, 0.25) is 0 Å². The van der Waals surface area contributed by atoms with Gasteiger partial charge in [-0.25, -0.2) is 0 Å². The number of nitrogens with zero attached hydrogens (tertiary/aromatic N) is 1. The zero-order chi connectivity index (χ0) is 18.1. The van der Waals surface area contributed by atoms with Gasteiger partial charge in [-0.1, -0.05) is 29.8 Å². The van der Waals surface area contributed by atoms with Crippen LogP contribution in [0.1, 0.15) is 24.1 Å². The molecule has 0 fully saturated rings. The number of aryl methyl sites for hydroxylation is 1. The summed E-state index contributed by atoms with van der Waals surface area (Å²) in [6.07, 6.45) is 11.2. The number of ether oxygens (including phenoxy) is 2. The predicted octanol–water partition coefficient (Wildman–Crippen LogP) is 5.21. The minimum atomic E-state index is 0.0307. The second-order valence-corrected chi connectivity index (χ2v) is 6.51. The fourth-order valence-electron chi connectivity index (χ4n) is 2.98. The molecular weight excluding hydrogens is 352 g/mol. The molecule has 2 aliphatic rings. The average molecular weight is 369 g/mol. The van der Waals surface area contributed by atoms with Gasteiger partial charge in [0.1, 0.15) is 24.0 Å². The number of hydrogen-bond donors (Lipinski definition) is 2. The first-order valence-corrected chi connectivity index (χ1v) is 8.65. The van der Waals surface area contributed by atoms with E-state index in [2.05, 4.69) is 16.3 Å². The number of rotatable bonds is 3. The first-order chi connectivity index (χ1) is 12.6. The molecule has 0 amide bonds. The molecule has 0 bridgehead atoms. The van der Waals surface area contributed by atoms with E-state index in [1.54, 1.807) is 30.7 Å². The van der Waals surface area contributed by atoms with Crippen LogP contribution in [0.5, 0.6) is 5.75 Å². The number of nitrogens with one attached hydrogen (secondary N) is 1. The lowest BCUT2D eigenvalue weighted by molar-refractivity contribution is 0.285. The first-order valence-electron chi connectivity index (χ1n) is 8.27. The molecule has 0 atom stereocenters. The highest BCUT2D eigenvalue weighted by molar-refractivity contribution is 6.32. The van der Waals surface area contributed by atoms with Crippen LogP contribution in [-0.4, -0.2) is 15.3 Å². The quantitative estimate of drug-likeness (QED) is 0.780. The number of benzene rings is 1. The number of hydrogen-bond acceptors (Lipinski definition) is 4. The molecule has 0 unspecified atom stereocenters. The molecule has 0 saturated heterocycles. The molecule has 26 heavy (non-hydrogen) atoms. The summed E-state index contributed by atoms with van der Waals surface area (Å²) in [5.74, 6) is 1.30. The fourth-order valence-corrected chi connectivity index (χ4v) is 3.16. The molecule has 132 valence electrons. The van der Waals surface area contributed by atoms with Crippen molar-refractivity contribution in [3.63, 3.8) is 0 Å². The number of phenolic OH excluding ortho intramolecular Hbond substituents is 1. The highest BCUT2D eigenvalue weighted by atomic mass is 35.5. The third-order valence-electron chi connectivity index (χ3n) is 4.32. The Bertz CT molecular complexity index is 983. The maximum Gasteiger partial charge on any atom is 0.173 e. The van der Waals surface area contributed by atoms with E-state index in [4.69, 9.17) is 21.1 Å². The topological polar surface area (TPSA) is 67.4 Å². The third-order valence-corrected chi connectivity index (χ3v) is 4.62. The van der Waals surface area contributed by atoms with Crippen molar-refractivity contribution in [2.24, 2.45) is 0 Å². The van der Waals surface area contributed by atoms with E-state index in [0.29, 0.717) is 17.2 Å². The Morgan fingerprint density at radius 3 is 2.85 bits per heavy atom. The molecule has 1 aromatic carbocycles. The zero-order valence-electron chi connectivity index (χ0n) is 14.1. The number of phenols is 1. The van der Waals surface area contributed by atoms with Gasteiger partial charge in [-0.2, -0.15) is 5.10 Å². The molecular formula is C20H17ClN2O3. The molecule has 2 N–H and O–H groups in total. The maximum absolute atomic E-state index is 9.66. The zero-order valence-corrected chi connectivity index (χ0v) is 14.9. The van der Waals surface area contributed by atoms with E-state index in [9.17, 15) is 5.11 Å². The molecule has 1 aliphatic carbocycles. The number of H-pyrrole nitrogens is 1. The van der Waals surface area contributed by atoms with Crippen molar-refractivity contribution in [2.75, 3.05) is 0 Å². The molecule has 2 aromatic rings. The van der Waals surface area contributed by atoms with Gasteiger partial charge in [0.15, 0.2) is 11.5 Å². The van der Waals surface area contributed by atoms with Crippen LogP contribution in [0.2, 0.25) is 5.02 Å². The van der Waals surface area contributed by atoms with Crippen LogP contribution in [0.4, 0.5) is 0 Å². The molecule has 5 nitrogen and oxygen atoms in total. The van der Waals surface area contributed by atoms with E-state index < -0.39 is 0 Å². The molecule has 0 spiro atoms. The van der Waals surface area contributed by atoms with Gasteiger partial charge < -0.3 is 14.6 Å². The highest BCUT2D eigenvalue weighted by Crippen LogP contribution is 2.37. The third kappa shape index (κ3) is 3.02. The molecule has 0 saturated carbocycles. The number of halogens is 1. The largest absolute Gasteiger partial charge is 0.506 e. The van der Waals surface area contributed by atoms with E-state index in [-0.39, 0.29) is 10.8 Å². The van der Waals surface area contributed by atoms with Gasteiger partial charge in [-0.3, -0.25) is 5.10 Å². The summed E-state index contributed by atoms with van der Waals surface area (Å²) in [6.45, 7) is 1.92. The molecule has 2 heterocycles. The van der Waals surface area contributed by atoms with Crippen molar-refractivity contribution < 1.29 is 14.6 Å². The van der Waals surface area contributed by atoms with Gasteiger partial charge >= 0.3 is 0 Å². The molecule has 4 rings (SSSR count). The Hall–Kier alpha value is -2.92. The van der Waals surface area contributed by atoms with E-state index in [1.165, 1.54) is 0 Å². The molecule has 6 heteroatoms. The fraction of sp³-hybridized carbons (Fsp3) is 0.150. The average Bonchev–Trinajstić information content (AvgIpc) is 3.06. The summed E-state index contributed by atoms with van der Waals surface area (Å²) in [6, 6.07) is 4.98. The summed E-state index contributed by atoms with van der Waals surface area (Å²) in [4.78, 5) is 0. The van der Waals surface area contributed by atoms with Crippen molar-refractivity contribution in [1.82, 2.24) is 10.2 Å². The minimum absolute atomic E-state index is 0.0307. The van der Waals surface area contributed by atoms with Crippen LogP contribution in [0, 0.1) is 6.92 Å². The smallest absolute Gasteiger partial charge is 0.173 e. The SMILES string of the molecule is Cc1[nH]nc(-c2ccc(O)c(Cl)c2)c1C1=COC=C(C2=CC=CCC2)O1. The Labute approximate surface area is 155 Å². The summed E-state index contributed by atoms with van der Waals surface area (Å²) in [7, 11) is 0. The number of aromatic nitrogens is 2. The molecule has 1 aliphatic heterocycles. The van der Waals surface area contributed by atoms with Gasteiger partial charge in [0.25, 0.3) is 0 Å². The standard InChI is InChI=1S/C20H17ClN2O3/c1-12-19(20(23-22-12)14-7-8-16(24)15(21)9-14)18-11-25-10-17(26-18)13-5-3-2-4-6-13/h2-3,5,7-11,24H,4,6H2,1H3,(H,22,23). The lowest BCUT2D eigenvalue weighted by Crippen LogP contribution is -2.04. The lowest BCUT2D eigenvalue weighted by atomic mass is 10.0. The number of aromatic hydroxyl groups is 1. The molecule has 0 radical (unpaired) electrons. The van der Waals surface area contributed by atoms with Crippen LogP contribution in [0.25, 0.3) is 17.0 Å². The van der Waals surface area contributed by atoms with E-state index in [0.717, 1.165) is 35.2 Å². The van der Waals surface area contributed by atoms with Crippen molar-refractivity contribution in [3.05, 3.63) is 76.6 Å². The number of aromatic amines is 1. The Kier molecular flexibility index (Phi) is 4.31. The van der Waals surface area contributed by atoms with Gasteiger partial charge in [-0.05, 0) is 43.5 Å². The monoisotopic (exact) mass is 368 g/mol. The summed E-state index contributed by atoms with van der Waals surface area (Å²) in [5, 5.41) is 17.3. The van der Waals surface area contributed by atoms with Gasteiger partial charge in [-0.15, -0.1) is 0 Å². The predicted molar refractivity (Wildman–Crippen MR) is 100 cm³/mol. The minimum Gasteiger partial charge on any atom is -0.506 e. The van der Waals surface area contributed by atoms with E-state index in [1.807, 2.05) is 19.1 Å². The first kappa shape index (κ1) is 16.5. The van der Waals surface area contributed by atoms with Crippen molar-refractivity contribution >= 4 is 17.4 Å². The van der Waals surface area contributed by atoms with Gasteiger partial charge in [0.05, 0.1) is 10.6 Å². The van der Waals surface area contributed by atoms with Crippen LogP contribution in [0.15, 0.2) is 60.3 Å². The van der Waals surface area contributed by atoms with Crippen molar-refractivity contribution in [2.45, 2.75) is 19.8 Å². The molecule has 1 aromatic heterocycles. The number of allylic oxidation sites excluding steroid dienone is 4. The lowest BCUT2D eigenvalue weighted by Gasteiger charge is -2.20. The normalized spacial score (nSPS) is 16.3. The van der Waals surface area contributed by atoms with Gasteiger partial charge in [0, 0.05) is 11.3 Å². The summed E-state index contributed by atoms with van der Waals surface area (Å²) < 4.78 is 11.7. The second-order valence-electron chi connectivity index (χ2n) is 6.10. The Morgan fingerprint density at radius 1 is 1.23 bits per heavy atom. The second kappa shape index (κ2) is 6.77. The Balaban J connectivity index is 1.69.